The molecule has 2 fully saturated rings. The SMILES string of the molecule is CO[C@H]1CCN(C(=O)C2(N)CC2)C1.Cl. The van der Waals surface area contributed by atoms with Crippen molar-refractivity contribution in [2.24, 2.45) is 5.73 Å². The van der Waals surface area contributed by atoms with E-state index in [-0.39, 0.29) is 24.4 Å². The Morgan fingerprint density at radius 1 is 1.57 bits per heavy atom. The Bertz CT molecular complexity index is 231. The molecule has 1 amide bonds. The maximum atomic E-state index is 11.7. The van der Waals surface area contributed by atoms with Crippen LogP contribution >= 0.6 is 12.4 Å². The zero-order valence-corrected chi connectivity index (χ0v) is 9.18. The van der Waals surface area contributed by atoms with Crippen LogP contribution in [0.4, 0.5) is 0 Å². The monoisotopic (exact) mass is 220 g/mol. The van der Waals surface area contributed by atoms with E-state index in [4.69, 9.17) is 10.5 Å². The maximum absolute atomic E-state index is 11.7. The van der Waals surface area contributed by atoms with Crippen LogP contribution in [0.5, 0.6) is 0 Å². The third-order valence-electron chi connectivity index (χ3n) is 2.98. The summed E-state index contributed by atoms with van der Waals surface area (Å²) in [7, 11) is 1.69. The van der Waals surface area contributed by atoms with Crippen LogP contribution in [0.25, 0.3) is 0 Å². The van der Waals surface area contributed by atoms with E-state index in [0.717, 1.165) is 25.8 Å². The van der Waals surface area contributed by atoms with E-state index in [2.05, 4.69) is 0 Å². The minimum absolute atomic E-state index is 0. The number of methoxy groups -OCH3 is 1. The lowest BCUT2D eigenvalue weighted by atomic mass is 10.2. The molecule has 0 aromatic rings. The Morgan fingerprint density at radius 2 is 2.21 bits per heavy atom. The van der Waals surface area contributed by atoms with Gasteiger partial charge >= 0.3 is 0 Å². The number of nitrogens with two attached hydrogens (primary N) is 1. The normalized spacial score (nSPS) is 28.4. The number of amides is 1. The molecule has 5 heteroatoms. The number of hydrogen-bond acceptors (Lipinski definition) is 3. The standard InChI is InChI=1S/C9H16N2O2.ClH/c1-13-7-2-5-11(6-7)8(12)9(10)3-4-9;/h7H,2-6,10H2,1H3;1H/t7-;/m0./s1. The fourth-order valence-corrected chi connectivity index (χ4v) is 1.77. The Morgan fingerprint density at radius 3 is 2.64 bits per heavy atom. The molecule has 0 spiro atoms. The van der Waals surface area contributed by atoms with Gasteiger partial charge in [0.1, 0.15) is 0 Å². The van der Waals surface area contributed by atoms with Crippen LogP contribution in [0, 0.1) is 0 Å². The molecule has 14 heavy (non-hydrogen) atoms. The summed E-state index contributed by atoms with van der Waals surface area (Å²) < 4.78 is 5.19. The number of carbonyl (C=O) groups is 1. The van der Waals surface area contributed by atoms with E-state index >= 15 is 0 Å². The van der Waals surface area contributed by atoms with Crippen molar-refractivity contribution in [3.05, 3.63) is 0 Å². The number of rotatable bonds is 2. The quantitative estimate of drug-likeness (QED) is 0.721. The van der Waals surface area contributed by atoms with Gasteiger partial charge in [-0.15, -0.1) is 12.4 Å². The molecule has 0 radical (unpaired) electrons. The first-order chi connectivity index (χ1) is 6.15. The lowest BCUT2D eigenvalue weighted by Crippen LogP contribution is -2.44. The number of ether oxygens (including phenoxy) is 1. The minimum atomic E-state index is -0.511. The van der Waals surface area contributed by atoms with E-state index < -0.39 is 5.54 Å². The molecule has 0 bridgehead atoms. The Balaban J connectivity index is 0.000000980. The third-order valence-corrected chi connectivity index (χ3v) is 2.98. The molecular formula is C9H17ClN2O2. The van der Waals surface area contributed by atoms with Gasteiger partial charge in [0.2, 0.25) is 5.91 Å². The first-order valence-corrected chi connectivity index (χ1v) is 4.77. The van der Waals surface area contributed by atoms with Crippen LogP contribution in [0.2, 0.25) is 0 Å². The second-order valence-corrected chi connectivity index (χ2v) is 4.05. The molecule has 1 aliphatic heterocycles. The summed E-state index contributed by atoms with van der Waals surface area (Å²) in [6.45, 7) is 1.52. The Kier molecular flexibility index (Phi) is 3.40. The molecule has 82 valence electrons. The molecule has 2 N–H and O–H groups in total. The van der Waals surface area contributed by atoms with Gasteiger partial charge in [-0.25, -0.2) is 0 Å². The maximum Gasteiger partial charge on any atom is 0.242 e. The van der Waals surface area contributed by atoms with Crippen molar-refractivity contribution in [2.45, 2.75) is 30.9 Å². The van der Waals surface area contributed by atoms with Crippen molar-refractivity contribution in [1.29, 1.82) is 0 Å². The van der Waals surface area contributed by atoms with Crippen LogP contribution < -0.4 is 5.73 Å². The third kappa shape index (κ3) is 2.02. The Hall–Kier alpha value is -0.320. The largest absolute Gasteiger partial charge is 0.380 e. The molecular weight excluding hydrogens is 204 g/mol. The van der Waals surface area contributed by atoms with Gasteiger partial charge in [-0.1, -0.05) is 0 Å². The molecule has 0 aromatic carbocycles. The van der Waals surface area contributed by atoms with Gasteiger partial charge in [0.25, 0.3) is 0 Å². The van der Waals surface area contributed by atoms with Crippen LogP contribution in [-0.2, 0) is 9.53 Å². The number of halogens is 1. The summed E-state index contributed by atoms with van der Waals surface area (Å²) >= 11 is 0. The van der Waals surface area contributed by atoms with Crippen LogP contribution in [-0.4, -0.2) is 42.6 Å². The topological polar surface area (TPSA) is 55.6 Å². The highest BCUT2D eigenvalue weighted by molar-refractivity contribution is 5.89. The van der Waals surface area contributed by atoms with Gasteiger partial charge < -0.3 is 15.4 Å². The zero-order valence-electron chi connectivity index (χ0n) is 8.36. The van der Waals surface area contributed by atoms with Crippen LogP contribution in [0.3, 0.4) is 0 Å². The molecule has 4 nitrogen and oxygen atoms in total. The molecule has 1 saturated heterocycles. The summed E-state index contributed by atoms with van der Waals surface area (Å²) in [5, 5.41) is 0. The summed E-state index contributed by atoms with van der Waals surface area (Å²) in [5.41, 5.74) is 5.31. The highest BCUT2D eigenvalue weighted by Crippen LogP contribution is 2.35. The molecule has 1 saturated carbocycles. The first-order valence-electron chi connectivity index (χ1n) is 4.77. The van der Waals surface area contributed by atoms with Crippen molar-refractivity contribution in [2.75, 3.05) is 20.2 Å². The molecule has 0 unspecified atom stereocenters. The van der Waals surface area contributed by atoms with Gasteiger partial charge in [0.15, 0.2) is 0 Å². The molecule has 1 atom stereocenters. The van der Waals surface area contributed by atoms with Crippen molar-refractivity contribution in [3.8, 4) is 0 Å². The minimum Gasteiger partial charge on any atom is -0.380 e. The fraction of sp³-hybridized carbons (Fsp3) is 0.889. The molecule has 2 aliphatic rings. The fourth-order valence-electron chi connectivity index (χ4n) is 1.77. The van der Waals surface area contributed by atoms with E-state index in [0.29, 0.717) is 6.54 Å². The summed E-state index contributed by atoms with van der Waals surface area (Å²) in [4.78, 5) is 13.6. The average molecular weight is 221 g/mol. The van der Waals surface area contributed by atoms with E-state index in [9.17, 15) is 4.79 Å². The molecule has 1 aliphatic carbocycles. The first kappa shape index (κ1) is 11.8. The summed E-state index contributed by atoms with van der Waals surface area (Å²) in [6, 6.07) is 0. The predicted octanol–water partition coefficient (Wildman–Crippen LogP) is 0.147. The lowest BCUT2D eigenvalue weighted by Gasteiger charge is -2.19. The van der Waals surface area contributed by atoms with E-state index in [1.165, 1.54) is 0 Å². The van der Waals surface area contributed by atoms with Gasteiger partial charge in [-0.05, 0) is 19.3 Å². The second kappa shape index (κ2) is 4.04. The average Bonchev–Trinajstić information content (AvgIpc) is 2.71. The van der Waals surface area contributed by atoms with Gasteiger partial charge in [0, 0.05) is 20.2 Å². The molecule has 2 rings (SSSR count). The lowest BCUT2D eigenvalue weighted by molar-refractivity contribution is -0.132. The van der Waals surface area contributed by atoms with Crippen molar-refractivity contribution in [1.82, 2.24) is 4.90 Å². The predicted molar refractivity (Wildman–Crippen MR) is 55.4 cm³/mol. The number of likely N-dealkylation sites (tertiary alicyclic amines) is 1. The van der Waals surface area contributed by atoms with Crippen molar-refractivity contribution >= 4 is 18.3 Å². The van der Waals surface area contributed by atoms with Crippen molar-refractivity contribution < 1.29 is 9.53 Å². The van der Waals surface area contributed by atoms with Gasteiger partial charge in [-0.2, -0.15) is 0 Å². The molecule has 0 aromatic heterocycles. The van der Waals surface area contributed by atoms with Gasteiger partial charge in [0.05, 0.1) is 11.6 Å². The van der Waals surface area contributed by atoms with E-state index in [1.54, 1.807) is 7.11 Å². The van der Waals surface area contributed by atoms with Crippen LogP contribution in [0.1, 0.15) is 19.3 Å². The van der Waals surface area contributed by atoms with E-state index in [1.807, 2.05) is 4.90 Å². The molecule has 1 heterocycles. The summed E-state index contributed by atoms with van der Waals surface area (Å²) in [5.74, 6) is 0.118. The van der Waals surface area contributed by atoms with Crippen LogP contribution in [0.15, 0.2) is 0 Å². The number of carbonyl (C=O) groups excluding carboxylic acids is 1. The Labute approximate surface area is 90.2 Å². The highest BCUT2D eigenvalue weighted by Gasteiger charge is 2.49. The smallest absolute Gasteiger partial charge is 0.242 e. The number of nitrogens with zero attached hydrogens (tertiary/aromatic N) is 1. The summed E-state index contributed by atoms with van der Waals surface area (Å²) in [6.07, 6.45) is 2.85. The zero-order chi connectivity index (χ0) is 9.47. The van der Waals surface area contributed by atoms with Crippen molar-refractivity contribution in [3.63, 3.8) is 0 Å². The van der Waals surface area contributed by atoms with Gasteiger partial charge in [-0.3, -0.25) is 4.79 Å². The number of hydrogen-bond donors (Lipinski definition) is 1. The highest BCUT2D eigenvalue weighted by atomic mass is 35.5. The second-order valence-electron chi connectivity index (χ2n) is 4.05.